The molecule has 0 fully saturated rings. The van der Waals surface area contributed by atoms with Crippen molar-refractivity contribution in [3.63, 3.8) is 0 Å². The van der Waals surface area contributed by atoms with Gasteiger partial charge in [0.05, 0.1) is 21.9 Å². The van der Waals surface area contributed by atoms with Crippen LogP contribution in [0.4, 0.5) is 10.1 Å². The van der Waals surface area contributed by atoms with Gasteiger partial charge in [0.25, 0.3) is 0 Å². The minimum Gasteiger partial charge on any atom is -0.372 e. The molecular weight excluding hydrogens is 267 g/mol. The van der Waals surface area contributed by atoms with Gasteiger partial charge < -0.3 is 9.80 Å². The molecule has 0 saturated heterocycles. The van der Waals surface area contributed by atoms with Gasteiger partial charge in [-0.2, -0.15) is 0 Å². The molecule has 0 N–H and O–H groups in total. The molecule has 0 heterocycles. The Morgan fingerprint density at radius 2 is 1.72 bits per heavy atom. The minimum atomic E-state index is 0.500. The van der Waals surface area contributed by atoms with Crippen LogP contribution in [-0.2, 0) is 0 Å². The molecular formula is C13H23FN2S2. The van der Waals surface area contributed by atoms with Gasteiger partial charge in [-0.05, 0) is 25.6 Å². The second kappa shape index (κ2) is 9.53. The van der Waals surface area contributed by atoms with Crippen molar-refractivity contribution in [1.29, 1.82) is 0 Å². The first kappa shape index (κ1) is 17.6. The Kier molecular flexibility index (Phi) is 9.32. The fourth-order valence-electron chi connectivity index (χ4n) is 1.74. The fourth-order valence-corrected chi connectivity index (χ4v) is 2.23. The molecule has 18 heavy (non-hydrogen) atoms. The maximum absolute atomic E-state index is 9.50. The van der Waals surface area contributed by atoms with E-state index in [2.05, 4.69) is 30.7 Å². The second-order valence-electron chi connectivity index (χ2n) is 4.08. The zero-order valence-electron chi connectivity index (χ0n) is 11.7. The van der Waals surface area contributed by atoms with Crippen molar-refractivity contribution in [1.82, 2.24) is 4.90 Å². The minimum absolute atomic E-state index is 0.500. The molecule has 0 aliphatic carbocycles. The van der Waals surface area contributed by atoms with Crippen LogP contribution in [0.15, 0.2) is 6.07 Å². The Morgan fingerprint density at radius 1 is 1.11 bits per heavy atom. The van der Waals surface area contributed by atoms with E-state index in [4.69, 9.17) is 24.4 Å². The number of hydrogen-bond acceptors (Lipinski definition) is 4. The van der Waals surface area contributed by atoms with E-state index in [0.717, 1.165) is 34.3 Å². The standard InChI is InChI=1S/C12H20N2S2.CH3F/c1-4-6-14(5-2)8-7-13(3)10-9-11(15)12(10)16;1-2/h9H,4-8H2,1-3H3;1H3. The lowest BCUT2D eigenvalue weighted by Gasteiger charge is -2.26. The van der Waals surface area contributed by atoms with Crippen molar-refractivity contribution in [2.24, 2.45) is 0 Å². The van der Waals surface area contributed by atoms with Crippen LogP contribution >= 0.6 is 24.4 Å². The van der Waals surface area contributed by atoms with Crippen molar-refractivity contribution in [2.75, 3.05) is 45.3 Å². The van der Waals surface area contributed by atoms with E-state index in [1.54, 1.807) is 0 Å². The van der Waals surface area contributed by atoms with Gasteiger partial charge >= 0.3 is 0 Å². The Hall–Kier alpha value is -0.390. The number of likely N-dealkylation sites (N-methyl/N-ethyl adjacent to an activating group) is 2. The van der Waals surface area contributed by atoms with Gasteiger partial charge in [0.1, 0.15) is 0 Å². The van der Waals surface area contributed by atoms with Gasteiger partial charge in [-0.3, -0.25) is 4.39 Å². The average molecular weight is 290 g/mol. The van der Waals surface area contributed by atoms with Gasteiger partial charge in [-0.1, -0.05) is 38.3 Å². The van der Waals surface area contributed by atoms with Crippen molar-refractivity contribution in [3.8, 4) is 0 Å². The highest BCUT2D eigenvalue weighted by Crippen LogP contribution is 2.21. The Bertz CT molecular complexity index is 399. The van der Waals surface area contributed by atoms with E-state index >= 15 is 0 Å². The van der Waals surface area contributed by atoms with E-state index < -0.39 is 0 Å². The number of hydrogen-bond donors (Lipinski definition) is 0. The summed E-state index contributed by atoms with van der Waals surface area (Å²) < 4.78 is 11.2. The molecule has 0 aliphatic rings. The average Bonchev–Trinajstić information content (AvgIpc) is 2.42. The molecule has 0 unspecified atom stereocenters. The summed E-state index contributed by atoms with van der Waals surface area (Å²) in [6, 6.07) is 1.99. The lowest BCUT2D eigenvalue weighted by atomic mass is 10.2. The molecule has 0 aliphatic heterocycles. The van der Waals surface area contributed by atoms with Gasteiger partial charge in [-0.25, -0.2) is 0 Å². The molecule has 0 bridgehead atoms. The maximum atomic E-state index is 9.50. The van der Waals surface area contributed by atoms with Gasteiger partial charge in [0.15, 0.2) is 0 Å². The third-order valence-corrected chi connectivity index (χ3v) is 3.75. The summed E-state index contributed by atoms with van der Waals surface area (Å²) in [7, 11) is 2.58. The highest BCUT2D eigenvalue weighted by molar-refractivity contribution is 7.74. The highest BCUT2D eigenvalue weighted by atomic mass is 32.1. The van der Waals surface area contributed by atoms with Gasteiger partial charge in [0, 0.05) is 20.1 Å². The molecule has 1 aromatic rings. The molecule has 5 heteroatoms. The quantitative estimate of drug-likeness (QED) is 0.705. The molecule has 1 rings (SSSR count). The predicted molar refractivity (Wildman–Crippen MR) is 83.2 cm³/mol. The highest BCUT2D eigenvalue weighted by Gasteiger charge is 2.09. The SMILES string of the molecule is CCCN(CC)CCN(C)c1cc(=S)c1=S.CF. The monoisotopic (exact) mass is 290 g/mol. The smallest absolute Gasteiger partial charge is 0.0792 e. The summed E-state index contributed by atoms with van der Waals surface area (Å²) >= 11 is 10.2. The summed E-state index contributed by atoms with van der Waals surface area (Å²) in [5, 5.41) is 0. The lowest BCUT2D eigenvalue weighted by Crippen LogP contribution is -2.34. The first-order chi connectivity index (χ1) is 8.60. The van der Waals surface area contributed by atoms with Crippen LogP contribution < -0.4 is 4.90 Å². The van der Waals surface area contributed by atoms with Crippen molar-refractivity contribution >= 4 is 30.1 Å². The molecule has 2 nitrogen and oxygen atoms in total. The second-order valence-corrected chi connectivity index (χ2v) is 4.93. The van der Waals surface area contributed by atoms with Crippen LogP contribution in [0.25, 0.3) is 0 Å². The van der Waals surface area contributed by atoms with Gasteiger partial charge in [0.2, 0.25) is 0 Å². The summed E-state index contributed by atoms with van der Waals surface area (Å²) in [6.45, 7) is 8.82. The number of nitrogens with zero attached hydrogens (tertiary/aromatic N) is 2. The van der Waals surface area contributed by atoms with E-state index in [-0.39, 0.29) is 0 Å². The topological polar surface area (TPSA) is 6.48 Å². The normalized spacial score (nSPS) is 10.3. The Balaban J connectivity index is 0.00000137. The summed E-state index contributed by atoms with van der Waals surface area (Å²) in [4.78, 5) is 4.66. The Labute approximate surface area is 120 Å². The summed E-state index contributed by atoms with van der Waals surface area (Å²) in [5.41, 5.74) is 1.13. The molecule has 1 aromatic carbocycles. The fraction of sp³-hybridized carbons (Fsp3) is 0.692. The maximum Gasteiger partial charge on any atom is 0.0792 e. The van der Waals surface area contributed by atoms with Crippen LogP contribution in [0.5, 0.6) is 0 Å². The van der Waals surface area contributed by atoms with Crippen molar-refractivity contribution in [2.45, 2.75) is 20.3 Å². The first-order valence-corrected chi connectivity index (χ1v) is 7.03. The number of halogens is 1. The first-order valence-electron chi connectivity index (χ1n) is 6.21. The summed E-state index contributed by atoms with van der Waals surface area (Å²) in [5.74, 6) is 0. The number of anilines is 1. The molecule has 0 atom stereocenters. The largest absolute Gasteiger partial charge is 0.372 e. The third kappa shape index (κ3) is 5.08. The Morgan fingerprint density at radius 3 is 2.11 bits per heavy atom. The van der Waals surface area contributed by atoms with E-state index in [9.17, 15) is 4.39 Å². The number of alkyl halides is 1. The molecule has 0 radical (unpaired) electrons. The third-order valence-electron chi connectivity index (χ3n) is 2.87. The van der Waals surface area contributed by atoms with Crippen LogP contribution in [-0.4, -0.2) is 45.3 Å². The van der Waals surface area contributed by atoms with Crippen LogP contribution in [0.3, 0.4) is 0 Å². The molecule has 0 aromatic heterocycles. The van der Waals surface area contributed by atoms with Crippen LogP contribution in [0.1, 0.15) is 20.3 Å². The van der Waals surface area contributed by atoms with E-state index in [1.165, 1.54) is 13.0 Å². The number of rotatable bonds is 7. The van der Waals surface area contributed by atoms with Crippen LogP contribution in [0.2, 0.25) is 0 Å². The zero-order valence-corrected chi connectivity index (χ0v) is 13.3. The van der Waals surface area contributed by atoms with E-state index in [1.807, 2.05) is 6.07 Å². The lowest BCUT2D eigenvalue weighted by molar-refractivity contribution is 0.295. The van der Waals surface area contributed by atoms with Crippen molar-refractivity contribution in [3.05, 3.63) is 15.1 Å². The molecule has 0 amide bonds. The molecule has 104 valence electrons. The van der Waals surface area contributed by atoms with Crippen molar-refractivity contribution < 1.29 is 4.39 Å². The zero-order chi connectivity index (χ0) is 14.1. The van der Waals surface area contributed by atoms with E-state index in [0.29, 0.717) is 7.18 Å². The summed E-state index contributed by atoms with van der Waals surface area (Å²) in [6.07, 6.45) is 1.21. The molecule has 0 saturated carbocycles. The predicted octanol–water partition coefficient (Wildman–Crippen LogP) is 3.77. The van der Waals surface area contributed by atoms with Gasteiger partial charge in [-0.15, -0.1) is 0 Å². The van der Waals surface area contributed by atoms with Crippen LogP contribution in [0, 0.1) is 9.02 Å². The molecule has 0 spiro atoms.